The largest absolute Gasteiger partial charge is 0.481 e. The lowest BCUT2D eigenvalue weighted by atomic mass is 10.1. The Balaban J connectivity index is 2.35. The van der Waals surface area contributed by atoms with Gasteiger partial charge in [0.2, 0.25) is 0 Å². The Morgan fingerprint density at radius 1 is 1.64 bits per heavy atom. The summed E-state index contributed by atoms with van der Waals surface area (Å²) in [6.07, 6.45) is 3.04. The van der Waals surface area contributed by atoms with Crippen molar-refractivity contribution in [3.63, 3.8) is 0 Å². The topological polar surface area (TPSA) is 60.8 Å². The Bertz CT molecular complexity index is 196. The Morgan fingerprint density at radius 2 is 2.36 bits per heavy atom. The number of carboxylic acids is 1. The van der Waals surface area contributed by atoms with Crippen molar-refractivity contribution in [2.45, 2.75) is 44.7 Å². The lowest BCUT2D eigenvalue weighted by molar-refractivity contribution is -0.137. The third kappa shape index (κ3) is 2.96. The Kier molecular flexibility index (Phi) is 4.35. The third-order valence-corrected chi connectivity index (χ3v) is 2.98. The fraction of sp³-hybridized carbons (Fsp3) is 0.900. The van der Waals surface area contributed by atoms with Crippen LogP contribution in [-0.2, 0) is 4.79 Å². The summed E-state index contributed by atoms with van der Waals surface area (Å²) in [4.78, 5) is 12.6. The smallest absolute Gasteiger partial charge is 0.303 e. The quantitative estimate of drug-likeness (QED) is 0.687. The van der Waals surface area contributed by atoms with Crippen LogP contribution in [0.1, 0.15) is 32.6 Å². The summed E-state index contributed by atoms with van der Waals surface area (Å²) in [5.41, 5.74) is 0. The van der Waals surface area contributed by atoms with Crippen LogP contribution in [0.15, 0.2) is 0 Å². The highest BCUT2D eigenvalue weighted by Crippen LogP contribution is 2.21. The van der Waals surface area contributed by atoms with Crippen LogP contribution in [0.25, 0.3) is 0 Å². The molecule has 2 N–H and O–H groups in total. The van der Waals surface area contributed by atoms with E-state index in [1.54, 1.807) is 0 Å². The van der Waals surface area contributed by atoms with Crippen LogP contribution in [0, 0.1) is 0 Å². The van der Waals surface area contributed by atoms with Crippen molar-refractivity contribution in [3.8, 4) is 0 Å². The van der Waals surface area contributed by atoms with Crippen molar-refractivity contribution >= 4 is 5.97 Å². The standard InChI is InChI=1S/C10H19NO3/c1-8(4-5-10(13)14)11-6-2-3-9(11)7-12/h8-9,12H,2-7H2,1H3,(H,13,14). The van der Waals surface area contributed by atoms with Gasteiger partial charge < -0.3 is 10.2 Å². The molecule has 14 heavy (non-hydrogen) atoms. The number of carbonyl (C=O) groups is 1. The first-order valence-electron chi connectivity index (χ1n) is 5.23. The number of aliphatic hydroxyl groups is 1. The van der Waals surface area contributed by atoms with Gasteiger partial charge >= 0.3 is 5.97 Å². The molecule has 0 aliphatic carbocycles. The maximum Gasteiger partial charge on any atom is 0.303 e. The first-order chi connectivity index (χ1) is 6.65. The van der Waals surface area contributed by atoms with E-state index in [2.05, 4.69) is 4.90 Å². The van der Waals surface area contributed by atoms with Gasteiger partial charge in [-0.05, 0) is 32.7 Å². The van der Waals surface area contributed by atoms with Crippen molar-refractivity contribution in [2.24, 2.45) is 0 Å². The normalized spacial score (nSPS) is 25.1. The lowest BCUT2D eigenvalue weighted by Gasteiger charge is -2.29. The fourth-order valence-electron chi connectivity index (χ4n) is 2.13. The van der Waals surface area contributed by atoms with Gasteiger partial charge in [0.1, 0.15) is 0 Å². The minimum Gasteiger partial charge on any atom is -0.481 e. The van der Waals surface area contributed by atoms with Gasteiger partial charge in [-0.1, -0.05) is 0 Å². The van der Waals surface area contributed by atoms with Crippen molar-refractivity contribution in [3.05, 3.63) is 0 Å². The third-order valence-electron chi connectivity index (χ3n) is 2.98. The molecule has 0 aromatic carbocycles. The van der Waals surface area contributed by atoms with Crippen molar-refractivity contribution in [1.29, 1.82) is 0 Å². The number of aliphatic hydroxyl groups excluding tert-OH is 1. The first kappa shape index (κ1) is 11.5. The second kappa shape index (κ2) is 5.32. The van der Waals surface area contributed by atoms with Crippen LogP contribution in [0.4, 0.5) is 0 Å². The van der Waals surface area contributed by atoms with Gasteiger partial charge in [0, 0.05) is 18.5 Å². The molecule has 0 bridgehead atoms. The molecule has 1 fully saturated rings. The average molecular weight is 201 g/mol. The van der Waals surface area contributed by atoms with Crippen LogP contribution in [0.2, 0.25) is 0 Å². The molecule has 1 saturated heterocycles. The van der Waals surface area contributed by atoms with Crippen LogP contribution in [0.3, 0.4) is 0 Å². The van der Waals surface area contributed by atoms with E-state index < -0.39 is 5.97 Å². The molecule has 4 heteroatoms. The molecule has 1 aliphatic rings. The van der Waals surface area contributed by atoms with Gasteiger partial charge in [0.25, 0.3) is 0 Å². The number of likely N-dealkylation sites (tertiary alicyclic amines) is 1. The molecule has 82 valence electrons. The van der Waals surface area contributed by atoms with Gasteiger partial charge in [-0.3, -0.25) is 9.69 Å². The van der Waals surface area contributed by atoms with E-state index in [1.807, 2.05) is 6.92 Å². The van der Waals surface area contributed by atoms with E-state index in [1.165, 1.54) is 0 Å². The van der Waals surface area contributed by atoms with Gasteiger partial charge in [-0.25, -0.2) is 0 Å². The number of rotatable bonds is 5. The maximum absolute atomic E-state index is 10.4. The summed E-state index contributed by atoms with van der Waals surface area (Å²) >= 11 is 0. The predicted molar refractivity (Wildman–Crippen MR) is 53.1 cm³/mol. The highest BCUT2D eigenvalue weighted by atomic mass is 16.4. The summed E-state index contributed by atoms with van der Waals surface area (Å²) in [6, 6.07) is 0.518. The zero-order chi connectivity index (χ0) is 10.6. The predicted octanol–water partition coefficient (Wildman–Crippen LogP) is 0.696. The number of nitrogens with zero attached hydrogens (tertiary/aromatic N) is 1. The van der Waals surface area contributed by atoms with Crippen LogP contribution in [-0.4, -0.2) is 46.3 Å². The number of aliphatic carboxylic acids is 1. The van der Waals surface area contributed by atoms with E-state index >= 15 is 0 Å². The molecule has 2 unspecified atom stereocenters. The Morgan fingerprint density at radius 3 is 2.93 bits per heavy atom. The van der Waals surface area contributed by atoms with Gasteiger partial charge in [0.15, 0.2) is 0 Å². The molecule has 0 radical (unpaired) electrons. The molecule has 0 amide bonds. The highest BCUT2D eigenvalue weighted by molar-refractivity contribution is 5.66. The molecule has 0 aromatic rings. The van der Waals surface area contributed by atoms with Gasteiger partial charge in [-0.2, -0.15) is 0 Å². The summed E-state index contributed by atoms with van der Waals surface area (Å²) in [5.74, 6) is -0.739. The SMILES string of the molecule is CC(CCC(=O)O)N1CCCC1CO. The van der Waals surface area contributed by atoms with Crippen LogP contribution in [0.5, 0.6) is 0 Å². The van der Waals surface area contributed by atoms with E-state index in [-0.39, 0.29) is 25.1 Å². The summed E-state index contributed by atoms with van der Waals surface area (Å²) in [7, 11) is 0. The monoisotopic (exact) mass is 201 g/mol. The van der Waals surface area contributed by atoms with E-state index in [0.29, 0.717) is 6.42 Å². The second-order valence-electron chi connectivity index (χ2n) is 4.00. The molecule has 1 rings (SSSR count). The van der Waals surface area contributed by atoms with Crippen LogP contribution < -0.4 is 0 Å². The molecule has 0 spiro atoms. The van der Waals surface area contributed by atoms with Crippen molar-refractivity contribution in [1.82, 2.24) is 4.90 Å². The summed E-state index contributed by atoms with van der Waals surface area (Å²) in [6.45, 7) is 3.22. The molecule has 1 aliphatic heterocycles. The van der Waals surface area contributed by atoms with Gasteiger partial charge in [-0.15, -0.1) is 0 Å². The molecule has 1 heterocycles. The average Bonchev–Trinajstić information content (AvgIpc) is 2.61. The molecule has 2 atom stereocenters. The fourth-order valence-corrected chi connectivity index (χ4v) is 2.13. The summed E-state index contributed by atoms with van der Waals surface area (Å²) < 4.78 is 0. The minimum absolute atomic E-state index is 0.192. The molecular formula is C10H19NO3. The molecule has 0 aromatic heterocycles. The Labute approximate surface area is 84.5 Å². The zero-order valence-electron chi connectivity index (χ0n) is 8.65. The zero-order valence-corrected chi connectivity index (χ0v) is 8.65. The molecule has 0 saturated carbocycles. The van der Waals surface area contributed by atoms with Crippen LogP contribution >= 0.6 is 0 Å². The minimum atomic E-state index is -0.739. The first-order valence-corrected chi connectivity index (χ1v) is 5.23. The van der Waals surface area contributed by atoms with E-state index in [4.69, 9.17) is 10.2 Å². The number of carboxylic acid groups (broad SMARTS) is 1. The lowest BCUT2D eigenvalue weighted by Crippen LogP contribution is -2.39. The summed E-state index contributed by atoms with van der Waals surface area (Å²) in [5, 5.41) is 17.7. The van der Waals surface area contributed by atoms with Crippen molar-refractivity contribution < 1.29 is 15.0 Å². The van der Waals surface area contributed by atoms with Crippen molar-refractivity contribution in [2.75, 3.05) is 13.2 Å². The van der Waals surface area contributed by atoms with E-state index in [0.717, 1.165) is 19.4 Å². The number of hydrogen-bond donors (Lipinski definition) is 2. The molecule has 4 nitrogen and oxygen atoms in total. The maximum atomic E-state index is 10.4. The van der Waals surface area contributed by atoms with E-state index in [9.17, 15) is 4.79 Å². The second-order valence-corrected chi connectivity index (χ2v) is 4.00. The highest BCUT2D eigenvalue weighted by Gasteiger charge is 2.27. The Hall–Kier alpha value is -0.610. The number of hydrogen-bond acceptors (Lipinski definition) is 3. The van der Waals surface area contributed by atoms with Gasteiger partial charge in [0.05, 0.1) is 6.61 Å². The molecular weight excluding hydrogens is 182 g/mol.